The van der Waals surface area contributed by atoms with Crippen LogP contribution in [0.15, 0.2) is 12.4 Å². The summed E-state index contributed by atoms with van der Waals surface area (Å²) in [5, 5.41) is 8.67. The van der Waals surface area contributed by atoms with Crippen molar-refractivity contribution < 1.29 is 4.79 Å². The highest BCUT2D eigenvalue weighted by molar-refractivity contribution is 7.17. The molecule has 25 heavy (non-hydrogen) atoms. The number of carbonyl (C=O) groups is 1. The second-order valence-electron chi connectivity index (χ2n) is 6.51. The first-order valence-electron chi connectivity index (χ1n) is 8.12. The number of nitrogens with zero attached hydrogens (tertiary/aromatic N) is 4. The maximum atomic E-state index is 12.9. The molecule has 9 heteroatoms. The molecule has 0 aliphatic carbocycles. The third-order valence-corrected chi connectivity index (χ3v) is 5.95. The summed E-state index contributed by atoms with van der Waals surface area (Å²) in [5.74, 6) is 0.129. The lowest BCUT2D eigenvalue weighted by atomic mass is 10.1. The van der Waals surface area contributed by atoms with E-state index in [4.69, 9.17) is 0 Å². The molecule has 0 aromatic carbocycles. The fraction of sp³-hybridized carbons (Fsp3) is 0.562. The topological polar surface area (TPSA) is 63.1 Å². The van der Waals surface area contributed by atoms with Gasteiger partial charge in [-0.1, -0.05) is 0 Å². The zero-order valence-corrected chi connectivity index (χ0v) is 16.7. The van der Waals surface area contributed by atoms with E-state index >= 15 is 0 Å². The minimum Gasteiger partial charge on any atom is -0.336 e. The molecule has 2 bridgehead atoms. The summed E-state index contributed by atoms with van der Waals surface area (Å²) in [6, 6.07) is 1.05. The van der Waals surface area contributed by atoms with E-state index in [9.17, 15) is 4.79 Å². The van der Waals surface area contributed by atoms with Gasteiger partial charge < -0.3 is 10.2 Å². The Hall–Kier alpha value is -1.15. The minimum atomic E-state index is 0. The second-order valence-corrected chi connectivity index (χ2v) is 7.51. The summed E-state index contributed by atoms with van der Waals surface area (Å²) in [4.78, 5) is 20.3. The number of halogens is 2. The van der Waals surface area contributed by atoms with Crippen LogP contribution in [0.4, 0.5) is 0 Å². The lowest BCUT2D eigenvalue weighted by Gasteiger charge is -2.23. The number of aryl methyl sites for hydroxylation is 2. The number of carbonyl (C=O) groups excluding carboxylic acids is 1. The van der Waals surface area contributed by atoms with Crippen LogP contribution in [0.3, 0.4) is 0 Å². The van der Waals surface area contributed by atoms with Crippen molar-refractivity contribution in [3.05, 3.63) is 23.0 Å². The van der Waals surface area contributed by atoms with Crippen LogP contribution in [0, 0.1) is 6.92 Å². The molecule has 2 atom stereocenters. The molecule has 4 heterocycles. The standard InChI is InChI=1S/C16H21N5OS.2ClH/c1-10-14(23-15(18-10)11-7-17-20(2)8-11)16(22)21-6-5-12-3-4-13(9-21)19-12;;/h7-8,12-13,19H,3-6,9H2,1-2H3;2*1H. The predicted octanol–water partition coefficient (Wildman–Crippen LogP) is 2.66. The maximum absolute atomic E-state index is 12.9. The normalized spacial score (nSPS) is 22.1. The molecule has 2 aromatic rings. The molecule has 2 fully saturated rings. The monoisotopic (exact) mass is 403 g/mol. The van der Waals surface area contributed by atoms with Crippen LogP contribution in [0.2, 0.25) is 0 Å². The predicted molar refractivity (Wildman–Crippen MR) is 104 cm³/mol. The van der Waals surface area contributed by atoms with Gasteiger partial charge in [-0.25, -0.2) is 4.98 Å². The highest BCUT2D eigenvalue weighted by Crippen LogP contribution is 2.29. The zero-order valence-electron chi connectivity index (χ0n) is 14.3. The zero-order chi connectivity index (χ0) is 16.0. The van der Waals surface area contributed by atoms with Crippen LogP contribution in [0.5, 0.6) is 0 Å². The average molecular weight is 404 g/mol. The number of amides is 1. The van der Waals surface area contributed by atoms with E-state index in [0.29, 0.717) is 12.1 Å². The van der Waals surface area contributed by atoms with Crippen molar-refractivity contribution in [1.29, 1.82) is 0 Å². The first-order valence-corrected chi connectivity index (χ1v) is 8.93. The van der Waals surface area contributed by atoms with E-state index in [0.717, 1.165) is 40.7 Å². The van der Waals surface area contributed by atoms with Gasteiger partial charge in [-0.2, -0.15) is 5.10 Å². The molecule has 2 saturated heterocycles. The molecule has 1 amide bonds. The third-order valence-electron chi connectivity index (χ3n) is 4.75. The second kappa shape index (κ2) is 8.03. The number of hydrogen-bond donors (Lipinski definition) is 1. The van der Waals surface area contributed by atoms with Gasteiger partial charge in [-0.3, -0.25) is 9.48 Å². The molecular formula is C16H23Cl2N5OS. The highest BCUT2D eigenvalue weighted by atomic mass is 35.5. The number of fused-ring (bicyclic) bond motifs is 2. The van der Waals surface area contributed by atoms with Crippen LogP contribution in [0.1, 0.15) is 34.6 Å². The Morgan fingerprint density at radius 2 is 2.04 bits per heavy atom. The molecule has 6 nitrogen and oxygen atoms in total. The quantitative estimate of drug-likeness (QED) is 0.836. The third kappa shape index (κ3) is 4.00. The van der Waals surface area contributed by atoms with Crippen molar-refractivity contribution in [3.8, 4) is 10.6 Å². The van der Waals surface area contributed by atoms with E-state index in [1.165, 1.54) is 24.2 Å². The van der Waals surface area contributed by atoms with E-state index in [-0.39, 0.29) is 30.7 Å². The molecule has 0 saturated carbocycles. The van der Waals surface area contributed by atoms with Gasteiger partial charge >= 0.3 is 0 Å². The molecular weight excluding hydrogens is 381 g/mol. The van der Waals surface area contributed by atoms with Crippen molar-refractivity contribution in [2.75, 3.05) is 13.1 Å². The maximum Gasteiger partial charge on any atom is 0.265 e. The summed E-state index contributed by atoms with van der Waals surface area (Å²) in [6.07, 6.45) is 7.20. The van der Waals surface area contributed by atoms with Crippen LogP contribution >= 0.6 is 36.2 Å². The Bertz CT molecular complexity index is 747. The van der Waals surface area contributed by atoms with E-state index < -0.39 is 0 Å². The molecule has 4 rings (SSSR count). The minimum absolute atomic E-state index is 0. The summed E-state index contributed by atoms with van der Waals surface area (Å²) in [5.41, 5.74) is 1.79. The van der Waals surface area contributed by atoms with Gasteiger partial charge in [0.2, 0.25) is 0 Å². The van der Waals surface area contributed by atoms with Crippen LogP contribution in [-0.2, 0) is 7.05 Å². The number of rotatable bonds is 2. The van der Waals surface area contributed by atoms with Crippen molar-refractivity contribution >= 4 is 42.1 Å². The number of thiazole rings is 1. The fourth-order valence-electron chi connectivity index (χ4n) is 3.52. The van der Waals surface area contributed by atoms with Crippen LogP contribution in [-0.4, -0.2) is 50.7 Å². The number of nitrogens with one attached hydrogen (secondary N) is 1. The van der Waals surface area contributed by atoms with Crippen molar-refractivity contribution in [1.82, 2.24) is 25.0 Å². The van der Waals surface area contributed by atoms with E-state index in [1.807, 2.05) is 25.1 Å². The Balaban J connectivity index is 0.00000113. The van der Waals surface area contributed by atoms with Gasteiger partial charge in [0.15, 0.2) is 0 Å². The van der Waals surface area contributed by atoms with Gasteiger partial charge in [0.25, 0.3) is 5.91 Å². The Labute approximate surface area is 163 Å². The SMILES string of the molecule is Cc1nc(-c2cnn(C)c2)sc1C(=O)N1CCC2CCC(C1)N2.Cl.Cl. The molecule has 2 unspecified atom stereocenters. The van der Waals surface area contributed by atoms with Gasteiger partial charge in [-0.05, 0) is 26.2 Å². The first-order chi connectivity index (χ1) is 11.1. The molecule has 2 aliphatic heterocycles. The van der Waals surface area contributed by atoms with Crippen molar-refractivity contribution in [3.63, 3.8) is 0 Å². The van der Waals surface area contributed by atoms with Gasteiger partial charge in [0.1, 0.15) is 9.88 Å². The molecule has 0 spiro atoms. The van der Waals surface area contributed by atoms with E-state index in [1.54, 1.807) is 10.9 Å². The fourth-order valence-corrected chi connectivity index (χ4v) is 4.53. The molecule has 1 N–H and O–H groups in total. The van der Waals surface area contributed by atoms with Crippen molar-refractivity contribution in [2.24, 2.45) is 7.05 Å². The van der Waals surface area contributed by atoms with Gasteiger partial charge in [-0.15, -0.1) is 36.2 Å². The molecule has 2 aliphatic rings. The largest absolute Gasteiger partial charge is 0.336 e. The molecule has 138 valence electrons. The number of aromatic nitrogens is 3. The van der Waals surface area contributed by atoms with Gasteiger partial charge in [0, 0.05) is 44.0 Å². The average Bonchev–Trinajstić information content (AvgIpc) is 3.18. The van der Waals surface area contributed by atoms with E-state index in [2.05, 4.69) is 15.4 Å². The summed E-state index contributed by atoms with van der Waals surface area (Å²) >= 11 is 1.48. The summed E-state index contributed by atoms with van der Waals surface area (Å²) < 4.78 is 1.75. The van der Waals surface area contributed by atoms with Crippen molar-refractivity contribution in [2.45, 2.75) is 38.3 Å². The Kier molecular flexibility index (Phi) is 6.48. The highest BCUT2D eigenvalue weighted by Gasteiger charge is 2.32. The van der Waals surface area contributed by atoms with Crippen LogP contribution < -0.4 is 5.32 Å². The summed E-state index contributed by atoms with van der Waals surface area (Å²) in [6.45, 7) is 3.58. The Morgan fingerprint density at radius 3 is 2.76 bits per heavy atom. The lowest BCUT2D eigenvalue weighted by molar-refractivity contribution is 0.0752. The lowest BCUT2D eigenvalue weighted by Crippen LogP contribution is -2.39. The van der Waals surface area contributed by atoms with Crippen LogP contribution in [0.25, 0.3) is 10.6 Å². The molecule has 0 radical (unpaired) electrons. The number of likely N-dealkylation sites (tertiary alicyclic amines) is 1. The summed E-state index contributed by atoms with van der Waals surface area (Å²) in [7, 11) is 1.88. The molecule has 2 aromatic heterocycles. The smallest absolute Gasteiger partial charge is 0.265 e. The number of hydrogen-bond acceptors (Lipinski definition) is 5. The van der Waals surface area contributed by atoms with Gasteiger partial charge in [0.05, 0.1) is 11.9 Å². The Morgan fingerprint density at radius 1 is 1.28 bits per heavy atom. The first kappa shape index (κ1) is 20.2.